The Labute approximate surface area is 157 Å². The lowest BCUT2D eigenvalue weighted by Gasteiger charge is -2.16. The number of benzene rings is 1. The van der Waals surface area contributed by atoms with Gasteiger partial charge < -0.3 is 14.8 Å². The van der Waals surface area contributed by atoms with E-state index in [0.29, 0.717) is 23.7 Å². The number of hydrogen-bond acceptors (Lipinski definition) is 6. The van der Waals surface area contributed by atoms with Gasteiger partial charge in [0.05, 0.1) is 17.9 Å². The van der Waals surface area contributed by atoms with Gasteiger partial charge in [0.15, 0.2) is 0 Å². The molecule has 1 aromatic carbocycles. The van der Waals surface area contributed by atoms with E-state index in [1.54, 1.807) is 30.3 Å². The van der Waals surface area contributed by atoms with E-state index in [-0.39, 0.29) is 11.9 Å². The smallest absolute Gasteiger partial charge is 0.312 e. The number of aryl methyl sites for hydroxylation is 1. The molecule has 2 aliphatic carbocycles. The molecule has 2 fully saturated rings. The number of hydrogen-bond donors (Lipinski definition) is 1. The van der Waals surface area contributed by atoms with Gasteiger partial charge in [-0.15, -0.1) is 0 Å². The molecule has 140 valence electrons. The van der Waals surface area contributed by atoms with Crippen LogP contribution in [0.1, 0.15) is 31.4 Å². The van der Waals surface area contributed by atoms with E-state index < -0.39 is 10.8 Å². The second kappa shape index (κ2) is 6.33. The van der Waals surface area contributed by atoms with E-state index in [1.807, 2.05) is 6.92 Å². The number of carbonyl (C=O) groups is 2. The van der Waals surface area contributed by atoms with E-state index in [0.717, 1.165) is 25.0 Å². The van der Waals surface area contributed by atoms with Crippen molar-refractivity contribution in [3.63, 3.8) is 0 Å². The zero-order chi connectivity index (χ0) is 19.1. The SMILES string of the molecule is COC(=O)C12CCCC1(C(=O)Nc1ccc(Oc3cc(C)ncn3)cc1)C2. The Hall–Kier alpha value is -2.96. The van der Waals surface area contributed by atoms with Gasteiger partial charge in [-0.1, -0.05) is 6.42 Å². The summed E-state index contributed by atoms with van der Waals surface area (Å²) in [6, 6.07) is 8.82. The molecule has 0 radical (unpaired) electrons. The molecule has 1 aromatic heterocycles. The Morgan fingerprint density at radius 1 is 1.11 bits per heavy atom. The van der Waals surface area contributed by atoms with Gasteiger partial charge in [0.1, 0.15) is 12.1 Å². The van der Waals surface area contributed by atoms with E-state index >= 15 is 0 Å². The molecule has 27 heavy (non-hydrogen) atoms. The van der Waals surface area contributed by atoms with Crippen LogP contribution in [0.4, 0.5) is 5.69 Å². The first-order chi connectivity index (χ1) is 13.0. The number of amides is 1. The van der Waals surface area contributed by atoms with Crippen LogP contribution in [0.2, 0.25) is 0 Å². The normalized spacial score (nSPS) is 25.4. The van der Waals surface area contributed by atoms with E-state index in [4.69, 9.17) is 9.47 Å². The van der Waals surface area contributed by atoms with Crippen molar-refractivity contribution in [2.45, 2.75) is 32.6 Å². The number of esters is 1. The minimum atomic E-state index is -0.625. The number of nitrogens with one attached hydrogen (secondary N) is 1. The molecule has 0 spiro atoms. The van der Waals surface area contributed by atoms with Crippen molar-refractivity contribution in [3.05, 3.63) is 42.4 Å². The highest BCUT2D eigenvalue weighted by atomic mass is 16.5. The Kier molecular flexibility index (Phi) is 4.09. The molecule has 2 aromatic rings. The molecule has 4 rings (SSSR count). The van der Waals surface area contributed by atoms with Gasteiger partial charge in [0.25, 0.3) is 0 Å². The quantitative estimate of drug-likeness (QED) is 0.816. The highest BCUT2D eigenvalue weighted by Gasteiger charge is 2.78. The van der Waals surface area contributed by atoms with E-state index in [9.17, 15) is 9.59 Å². The standard InChI is InChI=1S/C20H21N3O4/c1-13-10-16(22-12-21-13)27-15-6-4-14(5-7-15)23-17(24)19-8-3-9-20(19,11-19)18(25)26-2/h4-7,10,12H,3,8-9,11H2,1-2H3,(H,23,24). The summed E-state index contributed by atoms with van der Waals surface area (Å²) in [5.41, 5.74) is 0.240. The number of nitrogens with zero attached hydrogens (tertiary/aromatic N) is 2. The third-order valence-corrected chi connectivity index (χ3v) is 5.73. The fourth-order valence-corrected chi connectivity index (χ4v) is 4.26. The van der Waals surface area contributed by atoms with Gasteiger partial charge >= 0.3 is 5.97 Å². The van der Waals surface area contributed by atoms with Crippen molar-refractivity contribution >= 4 is 17.6 Å². The van der Waals surface area contributed by atoms with Crippen molar-refractivity contribution in [1.29, 1.82) is 0 Å². The maximum absolute atomic E-state index is 12.9. The Balaban J connectivity index is 1.43. The average Bonchev–Trinajstić information content (AvgIpc) is 3.19. The maximum Gasteiger partial charge on any atom is 0.312 e. The molecule has 0 saturated heterocycles. The molecule has 0 aliphatic heterocycles. The Morgan fingerprint density at radius 2 is 1.85 bits per heavy atom. The van der Waals surface area contributed by atoms with Gasteiger partial charge in [-0.05, 0) is 50.5 Å². The second-order valence-corrected chi connectivity index (χ2v) is 7.26. The van der Waals surface area contributed by atoms with Crippen molar-refractivity contribution < 1.29 is 19.1 Å². The molecule has 1 N–H and O–H groups in total. The number of aromatic nitrogens is 2. The van der Waals surface area contributed by atoms with Gasteiger partial charge in [-0.2, -0.15) is 0 Å². The summed E-state index contributed by atoms with van der Waals surface area (Å²) in [7, 11) is 1.38. The van der Waals surface area contributed by atoms with Crippen molar-refractivity contribution in [2.75, 3.05) is 12.4 Å². The predicted octanol–water partition coefficient (Wildman–Crippen LogP) is 3.25. The molecule has 7 nitrogen and oxygen atoms in total. The first kappa shape index (κ1) is 17.5. The molecule has 1 amide bonds. The fourth-order valence-electron chi connectivity index (χ4n) is 4.26. The van der Waals surface area contributed by atoms with Crippen LogP contribution in [0.5, 0.6) is 11.6 Å². The first-order valence-corrected chi connectivity index (χ1v) is 8.96. The lowest BCUT2D eigenvalue weighted by Crippen LogP contribution is -2.30. The summed E-state index contributed by atoms with van der Waals surface area (Å²) in [4.78, 5) is 33.1. The van der Waals surface area contributed by atoms with Crippen LogP contribution in [0.15, 0.2) is 36.7 Å². The molecular formula is C20H21N3O4. The summed E-state index contributed by atoms with van der Waals surface area (Å²) >= 11 is 0. The molecule has 7 heteroatoms. The Bertz CT molecular complexity index is 898. The third-order valence-electron chi connectivity index (χ3n) is 5.73. The number of methoxy groups -OCH3 is 1. The monoisotopic (exact) mass is 367 g/mol. The molecule has 2 unspecified atom stereocenters. The largest absolute Gasteiger partial charge is 0.469 e. The van der Waals surface area contributed by atoms with Crippen LogP contribution >= 0.6 is 0 Å². The summed E-state index contributed by atoms with van der Waals surface area (Å²) in [6.07, 6.45) is 4.34. The van der Waals surface area contributed by atoms with Gasteiger partial charge in [-0.3, -0.25) is 9.59 Å². The topological polar surface area (TPSA) is 90.4 Å². The maximum atomic E-state index is 12.9. The van der Waals surface area contributed by atoms with Gasteiger partial charge in [0, 0.05) is 17.4 Å². The number of fused-ring (bicyclic) bond motifs is 1. The molecule has 0 bridgehead atoms. The predicted molar refractivity (Wildman–Crippen MR) is 97.3 cm³/mol. The van der Waals surface area contributed by atoms with Crippen LogP contribution in [0.25, 0.3) is 0 Å². The van der Waals surface area contributed by atoms with Crippen LogP contribution in [-0.4, -0.2) is 29.0 Å². The highest BCUT2D eigenvalue weighted by molar-refractivity contribution is 6.04. The molecular weight excluding hydrogens is 346 g/mol. The number of anilines is 1. The van der Waals surface area contributed by atoms with Gasteiger partial charge in [0.2, 0.25) is 11.8 Å². The minimum absolute atomic E-state index is 0.106. The lowest BCUT2D eigenvalue weighted by atomic mass is 9.95. The summed E-state index contributed by atoms with van der Waals surface area (Å²) in [5.74, 6) is 0.704. The zero-order valence-electron chi connectivity index (χ0n) is 15.3. The lowest BCUT2D eigenvalue weighted by molar-refractivity contribution is -0.149. The second-order valence-electron chi connectivity index (χ2n) is 7.26. The number of rotatable bonds is 5. The van der Waals surface area contributed by atoms with Crippen molar-refractivity contribution in [3.8, 4) is 11.6 Å². The molecule has 2 atom stereocenters. The summed E-state index contributed by atoms with van der Waals surface area (Å²) in [6.45, 7) is 1.86. The number of carbonyl (C=O) groups excluding carboxylic acids is 2. The molecule has 1 heterocycles. The van der Waals surface area contributed by atoms with Crippen LogP contribution in [0.3, 0.4) is 0 Å². The van der Waals surface area contributed by atoms with Crippen LogP contribution in [0, 0.1) is 17.8 Å². The van der Waals surface area contributed by atoms with E-state index in [2.05, 4.69) is 15.3 Å². The third kappa shape index (κ3) is 2.83. The Morgan fingerprint density at radius 3 is 2.56 bits per heavy atom. The van der Waals surface area contributed by atoms with Crippen LogP contribution in [-0.2, 0) is 14.3 Å². The average molecular weight is 367 g/mol. The summed E-state index contributed by atoms with van der Waals surface area (Å²) < 4.78 is 10.6. The zero-order valence-corrected chi connectivity index (χ0v) is 15.3. The van der Waals surface area contributed by atoms with E-state index in [1.165, 1.54) is 13.4 Å². The first-order valence-electron chi connectivity index (χ1n) is 8.96. The fraction of sp³-hybridized carbons (Fsp3) is 0.400. The van der Waals surface area contributed by atoms with Gasteiger partial charge in [-0.25, -0.2) is 9.97 Å². The van der Waals surface area contributed by atoms with Crippen molar-refractivity contribution in [1.82, 2.24) is 9.97 Å². The minimum Gasteiger partial charge on any atom is -0.469 e. The van der Waals surface area contributed by atoms with Crippen molar-refractivity contribution in [2.24, 2.45) is 10.8 Å². The molecule has 2 aliphatic rings. The summed E-state index contributed by atoms with van der Waals surface area (Å²) in [5, 5.41) is 2.94. The molecule has 2 saturated carbocycles. The van der Waals surface area contributed by atoms with Crippen LogP contribution < -0.4 is 10.1 Å². The highest BCUT2D eigenvalue weighted by Crippen LogP contribution is 2.74. The number of ether oxygens (including phenoxy) is 2.